The topological polar surface area (TPSA) is 68.3 Å². The number of hydrogen-bond acceptors (Lipinski definition) is 4. The van der Waals surface area contributed by atoms with Gasteiger partial charge in [0.15, 0.2) is 0 Å². The lowest BCUT2D eigenvalue weighted by atomic mass is 10.2. The Morgan fingerprint density at radius 2 is 2.24 bits per heavy atom. The number of esters is 1. The first-order chi connectivity index (χ1) is 8.13. The Morgan fingerprint density at radius 1 is 1.47 bits per heavy atom. The molecule has 0 spiro atoms. The quantitative estimate of drug-likeness (QED) is 0.790. The molecule has 1 amide bonds. The van der Waals surface area contributed by atoms with Crippen LogP contribution < -0.4 is 5.32 Å². The predicted molar refractivity (Wildman–Crippen MR) is 63.3 cm³/mol. The minimum Gasteiger partial charge on any atom is -0.465 e. The molecule has 5 nitrogen and oxygen atoms in total. The Balaban J connectivity index is 2.65. The zero-order valence-corrected chi connectivity index (χ0v) is 9.77. The maximum atomic E-state index is 11.2. The van der Waals surface area contributed by atoms with Gasteiger partial charge in [-0.1, -0.05) is 12.2 Å². The maximum absolute atomic E-state index is 11.2. The van der Waals surface area contributed by atoms with Gasteiger partial charge < -0.3 is 10.1 Å². The summed E-state index contributed by atoms with van der Waals surface area (Å²) in [5, 5.41) is 2.63. The highest BCUT2D eigenvalue weighted by Gasteiger charge is 2.04. The lowest BCUT2D eigenvalue weighted by molar-refractivity contribution is -0.118. The number of amides is 1. The molecule has 0 aromatic carbocycles. The molecule has 1 aromatic rings. The fourth-order valence-corrected chi connectivity index (χ4v) is 1.18. The molecule has 0 bridgehead atoms. The number of hydrogen-bond donors (Lipinski definition) is 1. The summed E-state index contributed by atoms with van der Waals surface area (Å²) in [7, 11) is 1.32. The third kappa shape index (κ3) is 4.46. The minimum atomic E-state index is -0.422. The Labute approximate surface area is 99.5 Å². The van der Waals surface area contributed by atoms with Crippen LogP contribution in [-0.4, -0.2) is 30.5 Å². The van der Waals surface area contributed by atoms with Crippen LogP contribution in [0.3, 0.4) is 0 Å². The van der Waals surface area contributed by atoms with Crippen molar-refractivity contribution in [1.29, 1.82) is 0 Å². The number of rotatable bonds is 4. The standard InChI is InChI=1S/C12H14N2O3/c1-9(15)14-5-3-4-10-6-11(8-13-7-10)12(16)17-2/h3-4,6-8H,5H2,1-2H3,(H,14,15). The van der Waals surface area contributed by atoms with Crippen LogP contribution in [0.25, 0.3) is 6.08 Å². The normalized spacial score (nSPS) is 10.2. The van der Waals surface area contributed by atoms with Gasteiger partial charge in [-0.05, 0) is 11.6 Å². The van der Waals surface area contributed by atoms with E-state index in [0.29, 0.717) is 12.1 Å². The predicted octanol–water partition coefficient (Wildman–Crippen LogP) is 1.02. The van der Waals surface area contributed by atoms with Crippen molar-refractivity contribution in [2.24, 2.45) is 0 Å². The first-order valence-electron chi connectivity index (χ1n) is 5.08. The van der Waals surface area contributed by atoms with Crippen LogP contribution in [0, 0.1) is 0 Å². The van der Waals surface area contributed by atoms with E-state index in [1.165, 1.54) is 20.2 Å². The third-order valence-electron chi connectivity index (χ3n) is 1.96. The van der Waals surface area contributed by atoms with Crippen molar-refractivity contribution < 1.29 is 14.3 Å². The van der Waals surface area contributed by atoms with Gasteiger partial charge >= 0.3 is 5.97 Å². The van der Waals surface area contributed by atoms with Gasteiger partial charge in [0.05, 0.1) is 12.7 Å². The summed E-state index contributed by atoms with van der Waals surface area (Å²) in [6.45, 7) is 1.89. The number of aromatic nitrogens is 1. The third-order valence-corrected chi connectivity index (χ3v) is 1.96. The van der Waals surface area contributed by atoms with E-state index in [1.807, 2.05) is 0 Å². The molecule has 0 aliphatic heterocycles. The summed E-state index contributed by atoms with van der Waals surface area (Å²) in [6, 6.07) is 1.67. The van der Waals surface area contributed by atoms with Gasteiger partial charge in [-0.3, -0.25) is 9.78 Å². The molecule has 1 N–H and O–H groups in total. The second-order valence-corrected chi connectivity index (χ2v) is 3.34. The summed E-state index contributed by atoms with van der Waals surface area (Å²) in [5.41, 5.74) is 1.17. The Morgan fingerprint density at radius 3 is 2.88 bits per heavy atom. The van der Waals surface area contributed by atoms with Crippen molar-refractivity contribution >= 4 is 18.0 Å². The number of ether oxygens (including phenoxy) is 1. The minimum absolute atomic E-state index is 0.0870. The van der Waals surface area contributed by atoms with Gasteiger partial charge in [0.1, 0.15) is 0 Å². The lowest BCUT2D eigenvalue weighted by Gasteiger charge is -1.99. The molecule has 0 atom stereocenters. The van der Waals surface area contributed by atoms with Crippen molar-refractivity contribution in [1.82, 2.24) is 10.3 Å². The molecule has 5 heteroatoms. The Bertz CT molecular complexity index is 441. The van der Waals surface area contributed by atoms with E-state index >= 15 is 0 Å². The second-order valence-electron chi connectivity index (χ2n) is 3.34. The van der Waals surface area contributed by atoms with Gasteiger partial charge in [-0.2, -0.15) is 0 Å². The van der Waals surface area contributed by atoms with Gasteiger partial charge in [0.2, 0.25) is 5.91 Å². The van der Waals surface area contributed by atoms with E-state index in [0.717, 1.165) is 5.56 Å². The van der Waals surface area contributed by atoms with Gasteiger partial charge in [-0.15, -0.1) is 0 Å². The van der Waals surface area contributed by atoms with Crippen molar-refractivity contribution in [3.05, 3.63) is 35.7 Å². The summed E-state index contributed by atoms with van der Waals surface area (Å²) < 4.78 is 4.59. The van der Waals surface area contributed by atoms with Crippen molar-refractivity contribution in [2.75, 3.05) is 13.7 Å². The fourth-order valence-electron chi connectivity index (χ4n) is 1.18. The van der Waals surface area contributed by atoms with E-state index in [4.69, 9.17) is 0 Å². The van der Waals surface area contributed by atoms with Crippen LogP contribution in [0.5, 0.6) is 0 Å². The first kappa shape index (κ1) is 12.9. The number of pyridine rings is 1. The summed E-state index contributed by atoms with van der Waals surface area (Å²) in [5.74, 6) is -0.509. The molecule has 0 unspecified atom stereocenters. The van der Waals surface area contributed by atoms with Crippen LogP contribution >= 0.6 is 0 Å². The van der Waals surface area contributed by atoms with Crippen LogP contribution in [0.4, 0.5) is 0 Å². The summed E-state index contributed by atoms with van der Waals surface area (Å²) in [6.07, 6.45) is 6.61. The van der Waals surface area contributed by atoms with Crippen molar-refractivity contribution in [2.45, 2.75) is 6.92 Å². The Hall–Kier alpha value is -2.17. The van der Waals surface area contributed by atoms with Crippen molar-refractivity contribution in [3.8, 4) is 0 Å². The van der Waals surface area contributed by atoms with Gasteiger partial charge in [-0.25, -0.2) is 4.79 Å². The zero-order valence-electron chi connectivity index (χ0n) is 9.77. The molecule has 1 aromatic heterocycles. The molecule has 1 heterocycles. The van der Waals surface area contributed by atoms with Crippen LogP contribution in [0.15, 0.2) is 24.5 Å². The van der Waals surface area contributed by atoms with Gasteiger partial charge in [0.25, 0.3) is 0 Å². The smallest absolute Gasteiger partial charge is 0.339 e. The molecule has 0 aliphatic rings. The van der Waals surface area contributed by atoms with Crippen LogP contribution in [-0.2, 0) is 9.53 Å². The average Bonchev–Trinajstić information content (AvgIpc) is 2.34. The van der Waals surface area contributed by atoms with Gasteiger partial charge in [0, 0.05) is 25.9 Å². The van der Waals surface area contributed by atoms with E-state index in [9.17, 15) is 9.59 Å². The maximum Gasteiger partial charge on any atom is 0.339 e. The zero-order chi connectivity index (χ0) is 12.7. The monoisotopic (exact) mass is 234 g/mol. The molecular weight excluding hydrogens is 220 g/mol. The van der Waals surface area contributed by atoms with Crippen molar-refractivity contribution in [3.63, 3.8) is 0 Å². The SMILES string of the molecule is COC(=O)c1cncc(C=CCNC(C)=O)c1. The van der Waals surface area contributed by atoms with Crippen LogP contribution in [0.1, 0.15) is 22.8 Å². The second kappa shape index (κ2) is 6.42. The fraction of sp³-hybridized carbons (Fsp3) is 0.250. The number of nitrogens with one attached hydrogen (secondary N) is 1. The van der Waals surface area contributed by atoms with Crippen LogP contribution in [0.2, 0.25) is 0 Å². The largest absolute Gasteiger partial charge is 0.465 e. The molecule has 0 aliphatic carbocycles. The molecule has 17 heavy (non-hydrogen) atoms. The molecule has 1 rings (SSSR count). The summed E-state index contributed by atoms with van der Waals surface area (Å²) >= 11 is 0. The Kier molecular flexibility index (Phi) is 4.87. The molecule has 0 fully saturated rings. The highest BCUT2D eigenvalue weighted by atomic mass is 16.5. The highest BCUT2D eigenvalue weighted by Crippen LogP contribution is 2.05. The first-order valence-corrected chi connectivity index (χ1v) is 5.08. The lowest BCUT2D eigenvalue weighted by Crippen LogP contribution is -2.19. The highest BCUT2D eigenvalue weighted by molar-refractivity contribution is 5.89. The molecule has 0 saturated heterocycles. The molecule has 0 radical (unpaired) electrons. The number of carbonyl (C=O) groups is 2. The van der Waals surface area contributed by atoms with E-state index in [1.54, 1.807) is 24.4 Å². The molecule has 0 saturated carbocycles. The molecular formula is C12H14N2O3. The number of carbonyl (C=O) groups excluding carboxylic acids is 2. The summed E-state index contributed by atoms with van der Waals surface area (Å²) in [4.78, 5) is 25.8. The van der Waals surface area contributed by atoms with E-state index in [2.05, 4.69) is 15.0 Å². The average molecular weight is 234 g/mol. The number of methoxy groups -OCH3 is 1. The number of nitrogens with zero attached hydrogens (tertiary/aromatic N) is 1. The molecule has 90 valence electrons. The van der Waals surface area contributed by atoms with E-state index in [-0.39, 0.29) is 5.91 Å². The van der Waals surface area contributed by atoms with E-state index < -0.39 is 5.97 Å².